The Morgan fingerprint density at radius 2 is 1.97 bits per heavy atom. The number of aryl methyl sites for hydroxylation is 1. The molecule has 1 fully saturated rings. The fraction of sp³-hybridized carbons (Fsp3) is 0.346. The third-order valence-electron chi connectivity index (χ3n) is 6.69. The summed E-state index contributed by atoms with van der Waals surface area (Å²) < 4.78 is 24.0. The molecule has 0 bridgehead atoms. The van der Waals surface area contributed by atoms with Crippen molar-refractivity contribution in [2.24, 2.45) is 0 Å². The predicted octanol–water partition coefficient (Wildman–Crippen LogP) is 4.90. The molecule has 2 aromatic heterocycles. The number of rotatable bonds is 7. The summed E-state index contributed by atoms with van der Waals surface area (Å²) in [6.45, 7) is 3.50. The van der Waals surface area contributed by atoms with Crippen LogP contribution < -0.4 is 5.32 Å². The van der Waals surface area contributed by atoms with Gasteiger partial charge in [-0.15, -0.1) is 0 Å². The molecule has 36 heavy (non-hydrogen) atoms. The highest BCUT2D eigenvalue weighted by molar-refractivity contribution is 7.90. The van der Waals surface area contributed by atoms with Gasteiger partial charge >= 0.3 is 0 Å². The normalized spacial score (nSPS) is 15.0. The summed E-state index contributed by atoms with van der Waals surface area (Å²) in [7, 11) is -3.19. The van der Waals surface area contributed by atoms with Crippen LogP contribution in [0, 0.1) is 6.92 Å². The molecule has 5 rings (SSSR count). The number of sulfone groups is 1. The maximum absolute atomic E-state index is 13.1. The second-order valence-electron chi connectivity index (χ2n) is 9.39. The molecule has 10 heteroatoms. The van der Waals surface area contributed by atoms with Crippen molar-refractivity contribution in [3.8, 4) is 0 Å². The first-order chi connectivity index (χ1) is 17.2. The summed E-state index contributed by atoms with van der Waals surface area (Å²) in [5.41, 5.74) is 4.56. The van der Waals surface area contributed by atoms with Gasteiger partial charge in [0.05, 0.1) is 28.3 Å². The number of H-pyrrole nitrogens is 1. The van der Waals surface area contributed by atoms with Crippen molar-refractivity contribution >= 4 is 55.0 Å². The molecule has 1 atom stereocenters. The van der Waals surface area contributed by atoms with E-state index in [4.69, 9.17) is 16.6 Å². The number of aromatic nitrogens is 3. The topological polar surface area (TPSA) is 108 Å². The van der Waals surface area contributed by atoms with Gasteiger partial charge in [-0.25, -0.2) is 13.4 Å². The highest BCUT2D eigenvalue weighted by Gasteiger charge is 2.23. The summed E-state index contributed by atoms with van der Waals surface area (Å²) in [4.78, 5) is 27.5. The minimum Gasteiger partial charge on any atom is -0.375 e. The van der Waals surface area contributed by atoms with Gasteiger partial charge in [0.1, 0.15) is 15.7 Å². The van der Waals surface area contributed by atoms with Gasteiger partial charge in [0.15, 0.2) is 0 Å². The Labute approximate surface area is 215 Å². The van der Waals surface area contributed by atoms with Crippen LogP contribution in [0.15, 0.2) is 42.6 Å². The third-order valence-corrected chi connectivity index (χ3v) is 7.90. The Morgan fingerprint density at radius 3 is 2.72 bits per heavy atom. The zero-order chi connectivity index (χ0) is 25.4. The second kappa shape index (κ2) is 9.71. The number of carbonyl (C=O) groups excluding carboxylic acids is 1. The molecule has 1 saturated heterocycles. The number of benzene rings is 2. The highest BCUT2D eigenvalue weighted by Crippen LogP contribution is 2.31. The van der Waals surface area contributed by atoms with Crippen molar-refractivity contribution in [1.29, 1.82) is 0 Å². The van der Waals surface area contributed by atoms with Crippen molar-refractivity contribution in [3.05, 3.63) is 64.6 Å². The maximum atomic E-state index is 13.1. The van der Waals surface area contributed by atoms with Crippen molar-refractivity contribution in [3.63, 3.8) is 0 Å². The van der Waals surface area contributed by atoms with Crippen LogP contribution in [0.5, 0.6) is 0 Å². The lowest BCUT2D eigenvalue weighted by molar-refractivity contribution is 0.0792. The number of halogens is 1. The fourth-order valence-electron chi connectivity index (χ4n) is 4.77. The van der Waals surface area contributed by atoms with E-state index in [0.717, 1.165) is 59.1 Å². The number of likely N-dealkylation sites (tertiary alicyclic amines) is 1. The number of amides is 1. The lowest BCUT2D eigenvalue weighted by Gasteiger charge is -2.21. The molecule has 1 aliphatic heterocycles. The van der Waals surface area contributed by atoms with Crippen molar-refractivity contribution in [2.75, 3.05) is 30.4 Å². The standard InChI is InChI=1S/C26H28ClN5O3S/c1-16-18(26(33)32-12-3-4-13-32)6-7-19-20(9-11-28-24(16)19)29-22(10-14-36(2,34)35)25-30-21-8-5-17(27)15-23(21)31-25/h5-9,11,15,22H,3-4,10,12-14H2,1-2H3,(H,28,29)(H,30,31). The molecule has 1 aliphatic rings. The van der Waals surface area contributed by atoms with Crippen LogP contribution in [0.3, 0.4) is 0 Å². The number of pyridine rings is 1. The number of imidazole rings is 1. The average Bonchev–Trinajstić information content (AvgIpc) is 3.51. The number of carbonyl (C=O) groups is 1. The molecule has 1 amide bonds. The molecule has 2 aromatic carbocycles. The van der Waals surface area contributed by atoms with Crippen LogP contribution in [0.25, 0.3) is 21.9 Å². The number of aromatic amines is 1. The predicted molar refractivity (Wildman–Crippen MR) is 143 cm³/mol. The van der Waals surface area contributed by atoms with Crippen LogP contribution >= 0.6 is 11.6 Å². The van der Waals surface area contributed by atoms with E-state index in [1.807, 2.05) is 36.1 Å². The zero-order valence-corrected chi connectivity index (χ0v) is 21.8. The fourth-order valence-corrected chi connectivity index (χ4v) is 5.61. The molecule has 0 spiro atoms. The van der Waals surface area contributed by atoms with E-state index < -0.39 is 15.9 Å². The first-order valence-corrected chi connectivity index (χ1v) is 14.4. The zero-order valence-electron chi connectivity index (χ0n) is 20.2. The van der Waals surface area contributed by atoms with E-state index in [-0.39, 0.29) is 11.7 Å². The smallest absolute Gasteiger partial charge is 0.254 e. The molecular weight excluding hydrogens is 498 g/mol. The van der Waals surface area contributed by atoms with E-state index in [0.29, 0.717) is 22.8 Å². The van der Waals surface area contributed by atoms with E-state index in [1.54, 1.807) is 18.3 Å². The summed E-state index contributed by atoms with van der Waals surface area (Å²) in [5, 5.41) is 4.94. The van der Waals surface area contributed by atoms with Gasteiger partial charge in [-0.2, -0.15) is 0 Å². The lowest BCUT2D eigenvalue weighted by atomic mass is 10.0. The number of nitrogens with one attached hydrogen (secondary N) is 2. The molecule has 8 nitrogen and oxygen atoms in total. The van der Waals surface area contributed by atoms with E-state index in [1.165, 1.54) is 6.26 Å². The van der Waals surface area contributed by atoms with Gasteiger partial charge in [-0.1, -0.05) is 11.6 Å². The van der Waals surface area contributed by atoms with Crippen LogP contribution in [-0.4, -0.2) is 59.3 Å². The SMILES string of the molecule is Cc1c(C(=O)N2CCCC2)ccc2c(NC(CCS(C)(=O)=O)c3nc4ccc(Cl)cc4[nH]3)ccnc12. The van der Waals surface area contributed by atoms with Crippen molar-refractivity contribution in [1.82, 2.24) is 19.9 Å². The Morgan fingerprint density at radius 1 is 1.19 bits per heavy atom. The van der Waals surface area contributed by atoms with E-state index >= 15 is 0 Å². The first-order valence-electron chi connectivity index (χ1n) is 12.0. The van der Waals surface area contributed by atoms with Gasteiger partial charge in [0, 0.05) is 47.2 Å². The largest absolute Gasteiger partial charge is 0.375 e. The average molecular weight is 526 g/mol. The third kappa shape index (κ3) is 5.03. The Kier molecular flexibility index (Phi) is 6.61. The number of hydrogen-bond donors (Lipinski definition) is 2. The molecule has 1 unspecified atom stereocenters. The van der Waals surface area contributed by atoms with Gasteiger partial charge in [-0.3, -0.25) is 9.78 Å². The van der Waals surface area contributed by atoms with Crippen LogP contribution in [-0.2, 0) is 9.84 Å². The molecule has 2 N–H and O–H groups in total. The molecule has 4 aromatic rings. The van der Waals surface area contributed by atoms with Crippen molar-refractivity contribution in [2.45, 2.75) is 32.2 Å². The quantitative estimate of drug-likeness (QED) is 0.355. The molecular formula is C26H28ClN5O3S. The van der Waals surface area contributed by atoms with Gasteiger partial charge in [0.2, 0.25) is 0 Å². The Balaban J connectivity index is 1.51. The molecule has 3 heterocycles. The second-order valence-corrected chi connectivity index (χ2v) is 12.1. The van der Waals surface area contributed by atoms with E-state index in [2.05, 4.69) is 15.3 Å². The number of nitrogens with zero attached hydrogens (tertiary/aromatic N) is 3. The van der Waals surface area contributed by atoms with Gasteiger partial charge < -0.3 is 15.2 Å². The number of anilines is 1. The Hall–Kier alpha value is -3.17. The van der Waals surface area contributed by atoms with Gasteiger partial charge in [0.25, 0.3) is 5.91 Å². The molecule has 0 saturated carbocycles. The van der Waals surface area contributed by atoms with Gasteiger partial charge in [-0.05, 0) is 68.1 Å². The van der Waals surface area contributed by atoms with E-state index in [9.17, 15) is 13.2 Å². The highest BCUT2D eigenvalue weighted by atomic mass is 35.5. The number of hydrogen-bond acceptors (Lipinski definition) is 6. The minimum absolute atomic E-state index is 0.000995. The monoisotopic (exact) mass is 525 g/mol. The summed E-state index contributed by atoms with van der Waals surface area (Å²) >= 11 is 6.14. The van der Waals surface area contributed by atoms with Crippen LogP contribution in [0.4, 0.5) is 5.69 Å². The Bertz CT molecular complexity index is 1560. The summed E-state index contributed by atoms with van der Waals surface area (Å²) in [5.74, 6) is 0.663. The molecule has 0 aliphatic carbocycles. The first kappa shape index (κ1) is 24.5. The van der Waals surface area contributed by atoms with Crippen LogP contribution in [0.2, 0.25) is 5.02 Å². The number of fused-ring (bicyclic) bond motifs is 2. The van der Waals surface area contributed by atoms with Crippen molar-refractivity contribution < 1.29 is 13.2 Å². The van der Waals surface area contributed by atoms with Crippen LogP contribution in [0.1, 0.15) is 47.1 Å². The minimum atomic E-state index is -3.19. The maximum Gasteiger partial charge on any atom is 0.254 e. The molecule has 188 valence electrons. The summed E-state index contributed by atoms with van der Waals surface area (Å²) in [6, 6.07) is 10.6. The molecule has 0 radical (unpaired) electrons. The lowest BCUT2D eigenvalue weighted by Crippen LogP contribution is -2.28. The summed E-state index contributed by atoms with van der Waals surface area (Å²) in [6.07, 6.45) is 5.32.